The van der Waals surface area contributed by atoms with E-state index in [4.69, 9.17) is 5.10 Å². The molecule has 1 amide bonds. The van der Waals surface area contributed by atoms with Crippen molar-refractivity contribution in [2.45, 2.75) is 38.8 Å². The van der Waals surface area contributed by atoms with Gasteiger partial charge in [-0.1, -0.05) is 25.1 Å². The number of aromatic nitrogens is 2. The number of benzene rings is 2. The van der Waals surface area contributed by atoms with Crippen molar-refractivity contribution in [2.24, 2.45) is 11.0 Å². The summed E-state index contributed by atoms with van der Waals surface area (Å²) in [6, 6.07) is 16.2. The second-order valence-corrected chi connectivity index (χ2v) is 9.38. The van der Waals surface area contributed by atoms with E-state index >= 15 is 0 Å². The predicted octanol–water partition coefficient (Wildman–Crippen LogP) is 4.83. The molecule has 0 radical (unpaired) electrons. The van der Waals surface area contributed by atoms with E-state index < -0.39 is 6.61 Å². The summed E-state index contributed by atoms with van der Waals surface area (Å²) in [5.41, 5.74) is 6.81. The van der Waals surface area contributed by atoms with E-state index in [1.54, 1.807) is 23.0 Å². The quantitative estimate of drug-likeness (QED) is 0.340. The van der Waals surface area contributed by atoms with Crippen LogP contribution in [0.15, 0.2) is 77.7 Å². The second-order valence-electron chi connectivity index (χ2n) is 9.38. The first-order valence-corrected chi connectivity index (χ1v) is 12.7. The molecular weight excluding hydrogens is 490 g/mol. The highest BCUT2D eigenvalue weighted by molar-refractivity contribution is 5.90. The summed E-state index contributed by atoms with van der Waals surface area (Å²) >= 11 is 0. The summed E-state index contributed by atoms with van der Waals surface area (Å²) in [5, 5.41) is 13.4. The molecule has 0 saturated heterocycles. The molecule has 2 aromatic carbocycles. The van der Waals surface area contributed by atoms with Crippen LogP contribution in [0.4, 0.5) is 8.78 Å². The number of carbonyl (C=O) groups excluding carboxylic acids is 1. The predicted molar refractivity (Wildman–Crippen MR) is 141 cm³/mol. The first kappa shape index (κ1) is 25.6. The minimum Gasteiger partial charge on any atom is -0.435 e. The molecule has 2 heterocycles. The van der Waals surface area contributed by atoms with Crippen molar-refractivity contribution in [1.29, 1.82) is 0 Å². The van der Waals surface area contributed by atoms with E-state index in [-0.39, 0.29) is 17.6 Å². The zero-order valence-corrected chi connectivity index (χ0v) is 21.3. The molecule has 3 aromatic rings. The van der Waals surface area contributed by atoms with Crippen molar-refractivity contribution in [1.82, 2.24) is 25.2 Å². The maximum Gasteiger partial charge on any atom is 0.387 e. The van der Waals surface area contributed by atoms with Gasteiger partial charge in [-0.3, -0.25) is 4.79 Å². The normalized spacial score (nSPS) is 19.6. The third kappa shape index (κ3) is 5.45. The van der Waals surface area contributed by atoms with Crippen LogP contribution >= 0.6 is 0 Å². The molecule has 2 atom stereocenters. The van der Waals surface area contributed by atoms with Crippen molar-refractivity contribution in [2.75, 3.05) is 13.6 Å². The van der Waals surface area contributed by atoms with Gasteiger partial charge in [0.2, 0.25) is 5.91 Å². The Kier molecular flexibility index (Phi) is 7.50. The van der Waals surface area contributed by atoms with E-state index in [1.807, 2.05) is 43.6 Å². The number of ether oxygens (including phenoxy) is 1. The number of alkyl halides is 2. The summed E-state index contributed by atoms with van der Waals surface area (Å²) in [5.74, 6) is -0.175. The number of rotatable bonds is 8. The zero-order valence-electron chi connectivity index (χ0n) is 21.3. The molecule has 1 aliphatic carbocycles. The van der Waals surface area contributed by atoms with Crippen molar-refractivity contribution >= 4 is 12.1 Å². The standard InChI is InChI=1S/C28H30F2N6O2/c1-3-36-25-14-11-20(15-21(25)17-34(36)2)27(37)32-31-16-22-18-35(23-7-5-4-6-8-23)33-26(22)19-9-12-24(13-10-19)38-28(29)30/h4-10,12-13,16-18,20,25,28H,3,11,14-15H2,1-2H3,(H,32,37)/b31-16+. The molecule has 1 aliphatic heterocycles. The van der Waals surface area contributed by atoms with Gasteiger partial charge in [0.1, 0.15) is 11.4 Å². The Morgan fingerprint density at radius 2 is 1.95 bits per heavy atom. The minimum atomic E-state index is -2.89. The average Bonchev–Trinajstić information content (AvgIpc) is 3.48. The van der Waals surface area contributed by atoms with Gasteiger partial charge in [-0.25, -0.2) is 15.1 Å². The van der Waals surface area contributed by atoms with Gasteiger partial charge in [-0.2, -0.15) is 19.0 Å². The van der Waals surface area contributed by atoms with E-state index in [9.17, 15) is 13.6 Å². The Hall–Kier alpha value is -4.05. The molecule has 5 rings (SSSR count). The topological polar surface area (TPSA) is 75.0 Å². The number of hydrogen-bond acceptors (Lipinski definition) is 6. The number of amides is 1. The number of hydrazone groups is 1. The Morgan fingerprint density at radius 1 is 1.18 bits per heavy atom. The number of nitrogens with zero attached hydrogens (tertiary/aromatic N) is 5. The maximum absolute atomic E-state index is 12.9. The first-order valence-electron chi connectivity index (χ1n) is 12.7. The van der Waals surface area contributed by atoms with Crippen LogP contribution in [0.5, 0.6) is 5.75 Å². The van der Waals surface area contributed by atoms with Crippen LogP contribution in [0.25, 0.3) is 16.9 Å². The van der Waals surface area contributed by atoms with Gasteiger partial charge < -0.3 is 9.75 Å². The van der Waals surface area contributed by atoms with Crippen LogP contribution in [0.1, 0.15) is 31.7 Å². The fraction of sp³-hybridized carbons (Fsp3) is 0.321. The van der Waals surface area contributed by atoms with Gasteiger partial charge in [0, 0.05) is 43.0 Å². The lowest BCUT2D eigenvalue weighted by molar-refractivity contribution is -0.125. The fourth-order valence-electron chi connectivity index (χ4n) is 5.22. The number of hydrogen-bond donors (Lipinski definition) is 1. The lowest BCUT2D eigenvalue weighted by atomic mass is 9.82. The summed E-state index contributed by atoms with van der Waals surface area (Å²) in [7, 11) is 2.04. The number of para-hydroxylation sites is 1. The maximum atomic E-state index is 12.9. The molecule has 198 valence electrons. The fourth-order valence-corrected chi connectivity index (χ4v) is 5.22. The monoisotopic (exact) mass is 520 g/mol. The van der Waals surface area contributed by atoms with E-state index in [1.165, 1.54) is 17.7 Å². The molecule has 2 unspecified atom stereocenters. The Bertz CT molecular complexity index is 1320. The van der Waals surface area contributed by atoms with E-state index in [2.05, 4.69) is 38.4 Å². The number of hydrazine groups is 1. The van der Waals surface area contributed by atoms with Gasteiger partial charge in [-0.15, -0.1) is 0 Å². The molecule has 2 aliphatic rings. The second kappa shape index (κ2) is 11.1. The first-order chi connectivity index (χ1) is 18.4. The van der Waals surface area contributed by atoms with Gasteiger partial charge >= 0.3 is 6.61 Å². The van der Waals surface area contributed by atoms with Gasteiger partial charge in [0.05, 0.1) is 17.9 Å². The van der Waals surface area contributed by atoms with Crippen molar-refractivity contribution < 1.29 is 18.3 Å². The van der Waals surface area contributed by atoms with Crippen molar-refractivity contribution in [3.63, 3.8) is 0 Å². The highest BCUT2D eigenvalue weighted by Crippen LogP contribution is 2.36. The molecule has 8 nitrogen and oxygen atoms in total. The van der Waals surface area contributed by atoms with Gasteiger partial charge in [0.25, 0.3) is 0 Å². The molecule has 1 N–H and O–H groups in total. The molecule has 0 spiro atoms. The van der Waals surface area contributed by atoms with Crippen LogP contribution in [0, 0.1) is 5.92 Å². The summed E-state index contributed by atoms with van der Waals surface area (Å²) in [6.45, 7) is 0.181. The van der Waals surface area contributed by atoms with Crippen molar-refractivity contribution in [3.8, 4) is 22.7 Å². The van der Waals surface area contributed by atoms with Crippen LogP contribution < -0.4 is 10.2 Å². The van der Waals surface area contributed by atoms with Crippen molar-refractivity contribution in [3.05, 3.63) is 78.1 Å². The number of likely N-dealkylation sites (N-methyl/N-ethyl adjacent to an activating group) is 1. The Morgan fingerprint density at radius 3 is 2.66 bits per heavy atom. The molecule has 1 saturated carbocycles. The number of carbonyl (C=O) groups is 1. The SMILES string of the molecule is CCN1C2CCC(C(=O)N/N=C/c3cn(-c4ccccc4)nc3-c3ccc(OC(F)F)cc3)CC2=CN1C. The molecule has 0 bridgehead atoms. The summed E-state index contributed by atoms with van der Waals surface area (Å²) < 4.78 is 31.3. The largest absolute Gasteiger partial charge is 0.435 e. The average molecular weight is 521 g/mol. The Balaban J connectivity index is 1.32. The number of halogens is 2. The highest BCUT2D eigenvalue weighted by Gasteiger charge is 2.37. The van der Waals surface area contributed by atoms with Crippen LogP contribution in [-0.4, -0.2) is 58.2 Å². The third-order valence-electron chi connectivity index (χ3n) is 7.01. The molecular formula is C28H30F2N6O2. The lowest BCUT2D eigenvalue weighted by Crippen LogP contribution is -2.42. The molecule has 10 heteroatoms. The van der Waals surface area contributed by atoms with E-state index in [0.717, 1.165) is 31.5 Å². The zero-order chi connectivity index (χ0) is 26.6. The van der Waals surface area contributed by atoms with E-state index in [0.29, 0.717) is 22.9 Å². The lowest BCUT2D eigenvalue weighted by Gasteiger charge is -2.34. The summed E-state index contributed by atoms with van der Waals surface area (Å²) in [6.07, 6.45) is 7.97. The van der Waals surface area contributed by atoms with Crippen LogP contribution in [-0.2, 0) is 4.79 Å². The number of fused-ring (bicyclic) bond motifs is 1. The summed E-state index contributed by atoms with van der Waals surface area (Å²) in [4.78, 5) is 12.9. The number of nitrogens with one attached hydrogen (secondary N) is 1. The smallest absolute Gasteiger partial charge is 0.387 e. The molecule has 38 heavy (non-hydrogen) atoms. The highest BCUT2D eigenvalue weighted by atomic mass is 19.3. The Labute approximate surface area is 220 Å². The van der Waals surface area contributed by atoms with Crippen LogP contribution in [0.2, 0.25) is 0 Å². The van der Waals surface area contributed by atoms with Gasteiger partial charge in [0.15, 0.2) is 0 Å². The van der Waals surface area contributed by atoms with Crippen LogP contribution in [0.3, 0.4) is 0 Å². The molecule has 1 aromatic heterocycles. The molecule has 1 fully saturated rings. The van der Waals surface area contributed by atoms with Gasteiger partial charge in [-0.05, 0) is 61.2 Å². The minimum absolute atomic E-state index is 0.0640. The third-order valence-corrected chi connectivity index (χ3v) is 7.01.